The number of anilines is 1. The molecule has 1 atom stereocenters. The lowest BCUT2D eigenvalue weighted by molar-refractivity contribution is -0.252. The number of ether oxygens (including phenoxy) is 2. The number of nitrogens with one attached hydrogen (secondary N) is 1. The van der Waals surface area contributed by atoms with Crippen LogP contribution in [0.3, 0.4) is 0 Å². The van der Waals surface area contributed by atoms with Crippen molar-refractivity contribution in [2.75, 3.05) is 5.32 Å². The van der Waals surface area contributed by atoms with E-state index in [0.29, 0.717) is 17.0 Å². The minimum Gasteiger partial charge on any atom is -0.491 e. The number of nitrogens with zero attached hydrogens (tertiary/aromatic N) is 1. The summed E-state index contributed by atoms with van der Waals surface area (Å²) in [4.78, 5) is 4.15. The average Bonchev–Trinajstić information content (AvgIpc) is 2.74. The minimum absolute atomic E-state index is 0.0376. The van der Waals surface area contributed by atoms with Crippen LogP contribution >= 0.6 is 0 Å². The van der Waals surface area contributed by atoms with Crippen molar-refractivity contribution >= 4 is 11.5 Å². The fourth-order valence-corrected chi connectivity index (χ4v) is 3.58. The fraction of sp³-hybridized carbons (Fsp3) is 0.269. The Labute approximate surface area is 191 Å². The predicted octanol–water partition coefficient (Wildman–Crippen LogP) is 6.76. The predicted molar refractivity (Wildman–Crippen MR) is 123 cm³/mol. The van der Waals surface area contributed by atoms with Gasteiger partial charge in [-0.25, -0.2) is 4.99 Å². The lowest BCUT2D eigenvalue weighted by atomic mass is 9.98. The molecule has 3 aromatic rings. The number of aryl methyl sites for hydroxylation is 2. The van der Waals surface area contributed by atoms with Crippen molar-refractivity contribution in [2.24, 2.45) is 4.99 Å². The Hall–Kier alpha value is -3.48. The highest BCUT2D eigenvalue weighted by Gasteiger charge is 2.61. The minimum atomic E-state index is -4.82. The third kappa shape index (κ3) is 4.53. The van der Waals surface area contributed by atoms with Crippen molar-refractivity contribution in [3.63, 3.8) is 0 Å². The van der Waals surface area contributed by atoms with E-state index in [1.54, 1.807) is 36.4 Å². The monoisotopic (exact) mass is 454 g/mol. The highest BCUT2D eigenvalue weighted by molar-refractivity contribution is 6.11. The second-order valence-electron chi connectivity index (χ2n) is 8.39. The molecule has 3 aromatic carbocycles. The number of hydrogen-bond donors (Lipinski definition) is 1. The lowest BCUT2D eigenvalue weighted by Gasteiger charge is -2.37. The Balaban J connectivity index is 1.90. The number of amidine groups is 1. The normalized spacial score (nSPS) is 17.8. The van der Waals surface area contributed by atoms with Gasteiger partial charge >= 0.3 is 11.9 Å². The molecule has 0 spiro atoms. The van der Waals surface area contributed by atoms with E-state index in [4.69, 9.17) is 9.47 Å². The molecule has 1 heterocycles. The van der Waals surface area contributed by atoms with E-state index in [1.807, 2.05) is 39.8 Å². The molecule has 4 rings (SSSR count). The van der Waals surface area contributed by atoms with Gasteiger partial charge in [-0.2, -0.15) is 13.2 Å². The van der Waals surface area contributed by atoms with Crippen LogP contribution in [0.25, 0.3) is 0 Å². The van der Waals surface area contributed by atoms with Crippen LogP contribution in [0.2, 0.25) is 0 Å². The molecule has 1 N–H and O–H groups in total. The van der Waals surface area contributed by atoms with E-state index < -0.39 is 11.9 Å². The molecule has 1 unspecified atom stereocenters. The molecule has 1 aliphatic rings. The molecule has 0 aromatic heterocycles. The van der Waals surface area contributed by atoms with Gasteiger partial charge in [-0.15, -0.1) is 0 Å². The van der Waals surface area contributed by atoms with Crippen LogP contribution in [0.5, 0.6) is 11.5 Å². The van der Waals surface area contributed by atoms with Crippen molar-refractivity contribution in [3.05, 3.63) is 89.0 Å². The number of fused-ring (bicyclic) bond motifs is 1. The summed E-state index contributed by atoms with van der Waals surface area (Å²) in [5.74, 6) is 0.519. The topological polar surface area (TPSA) is 42.9 Å². The molecule has 0 aliphatic carbocycles. The molecule has 0 bridgehead atoms. The summed E-state index contributed by atoms with van der Waals surface area (Å²) in [5.41, 5.74) is -0.105. The first kappa shape index (κ1) is 22.7. The maximum absolute atomic E-state index is 14.7. The third-order valence-corrected chi connectivity index (χ3v) is 5.25. The van der Waals surface area contributed by atoms with Gasteiger partial charge in [-0.3, -0.25) is 0 Å². The largest absolute Gasteiger partial charge is 0.491 e. The second-order valence-corrected chi connectivity index (χ2v) is 8.39. The van der Waals surface area contributed by atoms with Crippen LogP contribution in [0.15, 0.2) is 71.7 Å². The Morgan fingerprint density at radius 2 is 1.52 bits per heavy atom. The highest BCUT2D eigenvalue weighted by Crippen LogP contribution is 2.48. The molecule has 1 aliphatic heterocycles. The third-order valence-electron chi connectivity index (χ3n) is 5.25. The van der Waals surface area contributed by atoms with E-state index in [0.717, 1.165) is 11.1 Å². The van der Waals surface area contributed by atoms with E-state index in [1.165, 1.54) is 18.2 Å². The molecule has 33 heavy (non-hydrogen) atoms. The van der Waals surface area contributed by atoms with Gasteiger partial charge in [0.25, 0.3) is 0 Å². The van der Waals surface area contributed by atoms with Crippen molar-refractivity contribution in [1.29, 1.82) is 0 Å². The number of aliphatic imine (C=N–C) groups is 1. The van der Waals surface area contributed by atoms with E-state index >= 15 is 0 Å². The molecule has 7 heteroatoms. The number of alkyl halides is 3. The molecule has 0 fully saturated rings. The van der Waals surface area contributed by atoms with Crippen LogP contribution in [-0.2, 0) is 5.72 Å². The smallest absolute Gasteiger partial charge is 0.455 e. The van der Waals surface area contributed by atoms with Crippen molar-refractivity contribution in [1.82, 2.24) is 0 Å². The SMILES string of the molecule is Cc1ccc(NC2=NC(c3ccc(C)cc3)(C(F)(F)F)Oc3cc(OC(C)C)ccc32)cc1. The van der Waals surface area contributed by atoms with Gasteiger partial charge in [-0.1, -0.05) is 47.5 Å². The van der Waals surface area contributed by atoms with E-state index in [9.17, 15) is 13.2 Å². The zero-order valence-corrected chi connectivity index (χ0v) is 18.8. The Kier molecular flexibility index (Phi) is 5.82. The van der Waals surface area contributed by atoms with Crippen molar-refractivity contribution in [3.8, 4) is 11.5 Å². The number of benzene rings is 3. The zero-order valence-electron chi connectivity index (χ0n) is 18.8. The number of rotatable bonds is 4. The standard InChI is InChI=1S/C26H25F3N2O2/c1-16(2)32-21-13-14-22-23(15-21)33-25(26(27,28)29,19-9-5-17(3)6-10-19)31-24(22)30-20-11-7-18(4)8-12-20/h5-16H,1-4H3,(H,30,31). The first-order valence-electron chi connectivity index (χ1n) is 10.6. The molecular weight excluding hydrogens is 429 g/mol. The Bertz CT molecular complexity index is 1170. The molecule has 0 saturated carbocycles. The van der Waals surface area contributed by atoms with Crippen LogP contribution < -0.4 is 14.8 Å². The molecular formula is C26H25F3N2O2. The van der Waals surface area contributed by atoms with Gasteiger partial charge in [0.1, 0.15) is 17.3 Å². The summed E-state index contributed by atoms with van der Waals surface area (Å²) in [6, 6.07) is 18.2. The summed E-state index contributed by atoms with van der Waals surface area (Å²) in [5, 5.41) is 3.06. The van der Waals surface area contributed by atoms with Gasteiger partial charge < -0.3 is 14.8 Å². The van der Waals surface area contributed by atoms with Crippen LogP contribution in [0, 0.1) is 13.8 Å². The lowest BCUT2D eigenvalue weighted by Crippen LogP contribution is -2.49. The van der Waals surface area contributed by atoms with E-state index in [2.05, 4.69) is 10.3 Å². The van der Waals surface area contributed by atoms with Crippen LogP contribution in [0.1, 0.15) is 36.1 Å². The summed E-state index contributed by atoms with van der Waals surface area (Å²) >= 11 is 0. The molecule has 0 amide bonds. The van der Waals surface area contributed by atoms with Gasteiger partial charge in [0.15, 0.2) is 0 Å². The molecule has 4 nitrogen and oxygen atoms in total. The summed E-state index contributed by atoms with van der Waals surface area (Å²) < 4.78 is 55.4. The van der Waals surface area contributed by atoms with Crippen molar-refractivity contribution in [2.45, 2.75) is 45.7 Å². The number of halogens is 3. The van der Waals surface area contributed by atoms with Gasteiger partial charge in [0, 0.05) is 17.3 Å². The summed E-state index contributed by atoms with van der Waals surface area (Å²) in [6.45, 7) is 7.44. The van der Waals surface area contributed by atoms with Gasteiger partial charge in [0.2, 0.25) is 0 Å². The first-order chi connectivity index (χ1) is 15.6. The molecule has 0 saturated heterocycles. The van der Waals surface area contributed by atoms with E-state index in [-0.39, 0.29) is 23.3 Å². The summed E-state index contributed by atoms with van der Waals surface area (Å²) in [7, 11) is 0. The molecule has 0 radical (unpaired) electrons. The number of hydrogen-bond acceptors (Lipinski definition) is 4. The maximum atomic E-state index is 14.7. The van der Waals surface area contributed by atoms with Gasteiger partial charge in [0.05, 0.1) is 11.7 Å². The molecule has 172 valence electrons. The fourth-order valence-electron chi connectivity index (χ4n) is 3.58. The Morgan fingerprint density at radius 3 is 2.09 bits per heavy atom. The van der Waals surface area contributed by atoms with Crippen LogP contribution in [-0.4, -0.2) is 18.1 Å². The maximum Gasteiger partial charge on any atom is 0.455 e. The van der Waals surface area contributed by atoms with Gasteiger partial charge in [-0.05, 0) is 52.0 Å². The quantitative estimate of drug-likeness (QED) is 0.474. The summed E-state index contributed by atoms with van der Waals surface area (Å²) in [6.07, 6.45) is -4.97. The van der Waals surface area contributed by atoms with Crippen LogP contribution in [0.4, 0.5) is 18.9 Å². The first-order valence-corrected chi connectivity index (χ1v) is 10.6. The average molecular weight is 454 g/mol. The Morgan fingerprint density at radius 1 is 0.909 bits per heavy atom. The zero-order chi connectivity index (χ0) is 23.8. The van der Waals surface area contributed by atoms with Crippen molar-refractivity contribution < 1.29 is 22.6 Å². The highest BCUT2D eigenvalue weighted by atomic mass is 19.4. The second kappa shape index (κ2) is 8.46.